The zero-order chi connectivity index (χ0) is 24.7. The highest BCUT2D eigenvalue weighted by molar-refractivity contribution is 5.95. The molecule has 0 aliphatic carbocycles. The number of hydrogen-bond donors (Lipinski definition) is 6. The lowest BCUT2D eigenvalue weighted by Crippen LogP contribution is -2.43. The van der Waals surface area contributed by atoms with E-state index in [1.54, 1.807) is 30.3 Å². The number of fused-ring (bicyclic) bond motifs is 1. The maximum atomic E-state index is 12.5. The number of non-ortho nitro benzene ring substituents is 1. The molecule has 13 heteroatoms. The first-order valence-corrected chi connectivity index (χ1v) is 10.2. The molecule has 178 valence electrons. The monoisotopic (exact) mass is 470 g/mol. The van der Waals surface area contributed by atoms with Crippen LogP contribution >= 0.6 is 0 Å². The number of aromatic amines is 1. The molecule has 1 unspecified atom stereocenters. The average molecular weight is 470 g/mol. The molecule has 3 rings (SSSR count). The number of carbonyl (C=O) groups excluding carboxylic acids is 1. The molecule has 3 amide bonds. The second kappa shape index (κ2) is 10.8. The quantitative estimate of drug-likeness (QED) is 0.147. The third-order valence-electron chi connectivity index (χ3n) is 4.95. The van der Waals surface area contributed by atoms with Crippen molar-refractivity contribution in [1.29, 1.82) is 0 Å². The Morgan fingerprint density at radius 1 is 1.03 bits per heavy atom. The second-order valence-electron chi connectivity index (χ2n) is 7.35. The Balaban J connectivity index is 1.65. The number of hydrogen-bond acceptors (Lipinski definition) is 6. The topological polar surface area (TPSA) is 200 Å². The summed E-state index contributed by atoms with van der Waals surface area (Å²) in [6.45, 7) is 0.144. The van der Waals surface area contributed by atoms with Crippen molar-refractivity contribution in [3.63, 3.8) is 0 Å². The summed E-state index contributed by atoms with van der Waals surface area (Å²) in [6, 6.07) is 10.7. The van der Waals surface area contributed by atoms with E-state index in [9.17, 15) is 24.5 Å². The van der Waals surface area contributed by atoms with E-state index < -0.39 is 29.1 Å². The number of amides is 3. The van der Waals surface area contributed by atoms with Crippen LogP contribution in [0.2, 0.25) is 0 Å². The minimum absolute atomic E-state index is 0.0106. The highest BCUT2D eigenvalue weighted by Crippen LogP contribution is 2.25. The summed E-state index contributed by atoms with van der Waals surface area (Å²) in [5.41, 5.74) is 2.64. The Morgan fingerprint density at radius 2 is 1.74 bits per heavy atom. The van der Waals surface area contributed by atoms with Crippen molar-refractivity contribution in [2.75, 3.05) is 13.1 Å². The predicted molar refractivity (Wildman–Crippen MR) is 121 cm³/mol. The van der Waals surface area contributed by atoms with Crippen LogP contribution in [-0.2, 0) is 0 Å². The highest BCUT2D eigenvalue weighted by atomic mass is 16.6. The van der Waals surface area contributed by atoms with Crippen molar-refractivity contribution in [2.45, 2.75) is 18.9 Å². The van der Waals surface area contributed by atoms with E-state index in [1.165, 1.54) is 12.1 Å². The number of H-pyrrole nitrogens is 1. The lowest BCUT2D eigenvalue weighted by Gasteiger charge is -2.17. The maximum absolute atomic E-state index is 12.5. The molecular weight excluding hydrogens is 448 g/mol. The molecule has 0 radical (unpaired) electrons. The molecule has 34 heavy (non-hydrogen) atoms. The molecule has 0 bridgehead atoms. The number of benzene rings is 2. The Morgan fingerprint density at radius 3 is 2.38 bits per heavy atom. The van der Waals surface area contributed by atoms with Crippen LogP contribution in [0.15, 0.2) is 42.5 Å². The van der Waals surface area contributed by atoms with Crippen molar-refractivity contribution >= 4 is 34.8 Å². The number of nitro groups is 1. The minimum atomic E-state index is -1.26. The number of carbonyl (C=O) groups is 3. The number of nitrogens with one attached hydrogen (secondary N) is 4. The normalized spacial score (nSPS) is 11.5. The number of imidazole rings is 1. The molecule has 0 aliphatic heterocycles. The van der Waals surface area contributed by atoms with Gasteiger partial charge in [0.25, 0.3) is 11.6 Å². The van der Waals surface area contributed by atoms with Crippen LogP contribution in [0, 0.1) is 10.1 Å². The summed E-state index contributed by atoms with van der Waals surface area (Å²) in [6.07, 6.45) is -1.74. The Kier molecular flexibility index (Phi) is 7.59. The van der Waals surface area contributed by atoms with Crippen molar-refractivity contribution in [2.24, 2.45) is 0 Å². The van der Waals surface area contributed by atoms with Crippen molar-refractivity contribution in [3.05, 3.63) is 58.4 Å². The molecule has 1 heterocycles. The van der Waals surface area contributed by atoms with Crippen molar-refractivity contribution < 1.29 is 29.5 Å². The molecule has 0 aliphatic rings. The fourth-order valence-corrected chi connectivity index (χ4v) is 3.32. The van der Waals surface area contributed by atoms with Crippen LogP contribution in [0.25, 0.3) is 22.2 Å². The summed E-state index contributed by atoms with van der Waals surface area (Å²) in [5.74, 6) is -0.494. The molecule has 2 aromatic carbocycles. The largest absolute Gasteiger partial charge is 0.465 e. The summed E-state index contributed by atoms with van der Waals surface area (Å²) in [5, 5.41) is 35.5. The summed E-state index contributed by atoms with van der Waals surface area (Å²) < 4.78 is 0. The highest BCUT2D eigenvalue weighted by Gasteiger charge is 2.16. The number of aromatic nitrogens is 2. The van der Waals surface area contributed by atoms with Crippen LogP contribution < -0.4 is 16.0 Å². The van der Waals surface area contributed by atoms with Gasteiger partial charge in [-0.3, -0.25) is 14.9 Å². The standard InChI is InChI=1S/C21H22N6O7/c28-19(23-11-14(24-21(31)32)2-1-9-22-20(29)30)18-25-16-8-5-13(10-17(16)26-18)12-3-6-15(7-4-12)27(33)34/h3-8,10,14,22,24H,1-2,9,11H2,(H,23,28)(H,25,26)(H,29,30)(H,31,32). The van der Waals surface area contributed by atoms with Crippen LogP contribution in [0.1, 0.15) is 23.5 Å². The van der Waals surface area contributed by atoms with Gasteiger partial charge in [0.1, 0.15) is 0 Å². The maximum Gasteiger partial charge on any atom is 0.404 e. The Hall–Kier alpha value is -4.68. The fraction of sp³-hybridized carbons (Fsp3) is 0.238. The van der Waals surface area contributed by atoms with Crippen LogP contribution in [0.5, 0.6) is 0 Å². The van der Waals surface area contributed by atoms with E-state index >= 15 is 0 Å². The molecule has 0 saturated heterocycles. The van der Waals surface area contributed by atoms with Gasteiger partial charge in [0, 0.05) is 31.3 Å². The molecule has 0 spiro atoms. The predicted octanol–water partition coefficient (Wildman–Crippen LogP) is 2.55. The first kappa shape index (κ1) is 24.0. The van der Waals surface area contributed by atoms with Gasteiger partial charge in [-0.1, -0.05) is 6.07 Å². The van der Waals surface area contributed by atoms with Crippen molar-refractivity contribution in [3.8, 4) is 11.1 Å². The van der Waals surface area contributed by atoms with Gasteiger partial charge in [-0.2, -0.15) is 0 Å². The molecule has 3 aromatic rings. The lowest BCUT2D eigenvalue weighted by molar-refractivity contribution is -0.384. The number of rotatable bonds is 10. The summed E-state index contributed by atoms with van der Waals surface area (Å²) in [7, 11) is 0. The number of nitro benzene ring substituents is 1. The van der Waals surface area contributed by atoms with Crippen LogP contribution in [0.3, 0.4) is 0 Å². The van der Waals surface area contributed by atoms with E-state index in [0.717, 1.165) is 11.1 Å². The minimum Gasteiger partial charge on any atom is -0.465 e. The van der Waals surface area contributed by atoms with Gasteiger partial charge in [0.05, 0.1) is 16.0 Å². The van der Waals surface area contributed by atoms with Crippen molar-refractivity contribution in [1.82, 2.24) is 25.9 Å². The van der Waals surface area contributed by atoms with Gasteiger partial charge < -0.3 is 31.1 Å². The van der Waals surface area contributed by atoms with E-state index in [0.29, 0.717) is 23.9 Å². The van der Waals surface area contributed by atoms with E-state index in [-0.39, 0.29) is 24.6 Å². The van der Waals surface area contributed by atoms with E-state index in [1.807, 2.05) is 0 Å². The molecule has 1 aromatic heterocycles. The molecule has 1 atom stereocenters. The Labute approximate surface area is 192 Å². The SMILES string of the molecule is O=C(O)NCCCC(CNC(=O)c1nc2ccc(-c3ccc([N+](=O)[O-])cc3)cc2[nH]1)NC(=O)O. The average Bonchev–Trinajstić information content (AvgIpc) is 3.23. The smallest absolute Gasteiger partial charge is 0.404 e. The fourth-order valence-electron chi connectivity index (χ4n) is 3.32. The third kappa shape index (κ3) is 6.41. The van der Waals surface area contributed by atoms with Gasteiger partial charge in [-0.15, -0.1) is 0 Å². The van der Waals surface area contributed by atoms with Crippen LogP contribution in [0.4, 0.5) is 15.3 Å². The third-order valence-corrected chi connectivity index (χ3v) is 4.95. The second-order valence-corrected chi connectivity index (χ2v) is 7.35. The van der Waals surface area contributed by atoms with Gasteiger partial charge in [0.15, 0.2) is 5.82 Å². The molecule has 13 nitrogen and oxygen atoms in total. The molecule has 0 fully saturated rings. The number of nitrogens with zero attached hydrogens (tertiary/aromatic N) is 2. The van der Waals surface area contributed by atoms with Gasteiger partial charge in [-0.05, 0) is 48.2 Å². The van der Waals surface area contributed by atoms with E-state index in [4.69, 9.17) is 10.2 Å². The van der Waals surface area contributed by atoms with Gasteiger partial charge in [0.2, 0.25) is 0 Å². The first-order chi connectivity index (χ1) is 16.2. The zero-order valence-corrected chi connectivity index (χ0v) is 17.8. The lowest BCUT2D eigenvalue weighted by atomic mass is 10.0. The molecule has 0 saturated carbocycles. The number of carboxylic acid groups (broad SMARTS) is 2. The van der Waals surface area contributed by atoms with Gasteiger partial charge >= 0.3 is 12.2 Å². The molecular formula is C21H22N6O7. The van der Waals surface area contributed by atoms with E-state index in [2.05, 4.69) is 25.9 Å². The molecule has 6 N–H and O–H groups in total. The first-order valence-electron chi connectivity index (χ1n) is 10.2. The van der Waals surface area contributed by atoms with Crippen LogP contribution in [-0.4, -0.2) is 62.3 Å². The Bertz CT molecular complexity index is 1210. The van der Waals surface area contributed by atoms with Gasteiger partial charge in [-0.25, -0.2) is 14.6 Å². The zero-order valence-electron chi connectivity index (χ0n) is 17.8. The summed E-state index contributed by atoms with van der Waals surface area (Å²) >= 11 is 0. The summed E-state index contributed by atoms with van der Waals surface area (Å²) in [4.78, 5) is 51.6.